The van der Waals surface area contributed by atoms with E-state index in [1.165, 1.54) is 11.8 Å². The van der Waals surface area contributed by atoms with E-state index in [4.69, 9.17) is 0 Å². The highest BCUT2D eigenvalue weighted by Crippen LogP contribution is 2.24. The number of nitrogens with one attached hydrogen (secondary N) is 2. The van der Waals surface area contributed by atoms with E-state index in [1.54, 1.807) is 4.52 Å². The Hall–Kier alpha value is -3.46. The summed E-state index contributed by atoms with van der Waals surface area (Å²) in [6, 6.07) is 11.7. The molecule has 2 aromatic heterocycles. The van der Waals surface area contributed by atoms with E-state index in [9.17, 15) is 9.59 Å². The van der Waals surface area contributed by atoms with Crippen molar-refractivity contribution < 1.29 is 9.59 Å². The van der Waals surface area contributed by atoms with Crippen LogP contribution >= 0.6 is 11.8 Å². The van der Waals surface area contributed by atoms with E-state index >= 15 is 0 Å². The number of rotatable bonds is 6. The summed E-state index contributed by atoms with van der Waals surface area (Å²) in [5, 5.41) is 11.4. The summed E-state index contributed by atoms with van der Waals surface area (Å²) < 4.78 is 1.66. The number of aromatic nitrogens is 4. The van der Waals surface area contributed by atoms with Crippen LogP contribution in [-0.4, -0.2) is 43.7 Å². The fourth-order valence-electron chi connectivity index (χ4n) is 3.65. The topological polar surface area (TPSA) is 101 Å². The van der Waals surface area contributed by atoms with Crippen molar-refractivity contribution in [1.82, 2.24) is 24.9 Å². The Bertz CT molecular complexity index is 1320. The predicted molar refractivity (Wildman–Crippen MR) is 126 cm³/mol. The maximum atomic E-state index is 12.4. The van der Waals surface area contributed by atoms with Crippen LogP contribution in [-0.2, 0) is 9.59 Å². The number of aryl methyl sites for hydroxylation is 4. The molecule has 32 heavy (non-hydrogen) atoms. The third-order valence-electron chi connectivity index (χ3n) is 4.98. The van der Waals surface area contributed by atoms with Crippen molar-refractivity contribution in [1.29, 1.82) is 0 Å². The highest BCUT2D eigenvalue weighted by molar-refractivity contribution is 7.99. The smallest absolute Gasteiger partial charge is 0.243 e. The minimum absolute atomic E-state index is 0.102. The fourth-order valence-corrected chi connectivity index (χ4v) is 4.42. The summed E-state index contributed by atoms with van der Waals surface area (Å²) >= 11 is 1.25. The fraction of sp³-hybridized carbons (Fsp3) is 0.261. The number of thioether (sulfide) groups is 1. The number of anilines is 1. The van der Waals surface area contributed by atoms with Crippen LogP contribution in [0.3, 0.4) is 0 Å². The van der Waals surface area contributed by atoms with Gasteiger partial charge in [0.1, 0.15) is 5.82 Å². The molecular weight excluding hydrogens is 424 g/mol. The average Bonchev–Trinajstić information content (AvgIpc) is 3.15. The highest BCUT2D eigenvalue weighted by atomic mass is 32.2. The van der Waals surface area contributed by atoms with Crippen LogP contribution in [0.15, 0.2) is 41.6 Å². The average molecular weight is 449 g/mol. The van der Waals surface area contributed by atoms with Gasteiger partial charge in [-0.15, -0.1) is 5.10 Å². The molecule has 4 aromatic rings. The van der Waals surface area contributed by atoms with E-state index < -0.39 is 0 Å². The van der Waals surface area contributed by atoms with Gasteiger partial charge in [0.25, 0.3) is 0 Å². The van der Waals surface area contributed by atoms with Crippen molar-refractivity contribution in [2.45, 2.75) is 32.9 Å². The van der Waals surface area contributed by atoms with Crippen molar-refractivity contribution >= 4 is 45.8 Å². The Balaban J connectivity index is 1.39. The van der Waals surface area contributed by atoms with Gasteiger partial charge < -0.3 is 10.6 Å². The van der Waals surface area contributed by atoms with E-state index in [2.05, 4.69) is 25.7 Å². The Labute approximate surface area is 189 Å². The normalized spacial score (nSPS) is 11.1. The van der Waals surface area contributed by atoms with E-state index in [1.807, 2.05) is 64.1 Å². The van der Waals surface area contributed by atoms with E-state index in [0.29, 0.717) is 16.6 Å². The van der Waals surface area contributed by atoms with Gasteiger partial charge >= 0.3 is 0 Å². The largest absolute Gasteiger partial charge is 0.346 e. The van der Waals surface area contributed by atoms with Crippen molar-refractivity contribution in [3.8, 4) is 0 Å². The third kappa shape index (κ3) is 4.57. The molecule has 164 valence electrons. The first kappa shape index (κ1) is 21.8. The number of nitrogens with zero attached hydrogens (tertiary/aromatic N) is 4. The summed E-state index contributed by atoms with van der Waals surface area (Å²) in [5.41, 5.74) is 5.41. The highest BCUT2D eigenvalue weighted by Gasteiger charge is 2.15. The quantitative estimate of drug-likeness (QED) is 0.346. The molecule has 8 nitrogen and oxygen atoms in total. The van der Waals surface area contributed by atoms with Gasteiger partial charge in [0.15, 0.2) is 10.8 Å². The molecule has 0 radical (unpaired) electrons. The minimum Gasteiger partial charge on any atom is -0.346 e. The first-order valence-corrected chi connectivity index (χ1v) is 11.2. The second-order valence-corrected chi connectivity index (χ2v) is 8.64. The third-order valence-corrected chi connectivity index (χ3v) is 5.90. The van der Waals surface area contributed by atoms with Gasteiger partial charge in [-0.05, 0) is 51.0 Å². The molecule has 2 amide bonds. The lowest BCUT2D eigenvalue weighted by Crippen LogP contribution is -2.34. The van der Waals surface area contributed by atoms with Gasteiger partial charge in [-0.3, -0.25) is 9.59 Å². The van der Waals surface area contributed by atoms with Crippen molar-refractivity contribution in [3.05, 3.63) is 58.9 Å². The van der Waals surface area contributed by atoms with Crippen LogP contribution in [0.2, 0.25) is 0 Å². The SMILES string of the molecule is Cc1cc(C)c(NC(=O)CNC(=O)CSc2nc3ccccc3c3nc(C)nn23)c(C)c1. The zero-order chi connectivity index (χ0) is 22.8. The molecule has 0 aliphatic rings. The van der Waals surface area contributed by atoms with Gasteiger partial charge in [0, 0.05) is 11.1 Å². The van der Waals surface area contributed by atoms with E-state index in [0.717, 1.165) is 33.3 Å². The molecule has 2 heterocycles. The molecule has 0 saturated heterocycles. The molecule has 0 atom stereocenters. The van der Waals surface area contributed by atoms with Gasteiger partial charge in [0.2, 0.25) is 11.8 Å². The predicted octanol–water partition coefficient (Wildman–Crippen LogP) is 3.36. The Morgan fingerprint density at radius 2 is 1.72 bits per heavy atom. The minimum atomic E-state index is -0.267. The Kier molecular flexibility index (Phi) is 6.09. The number of carbonyl (C=O) groups excluding carboxylic acids is 2. The number of amides is 2. The second kappa shape index (κ2) is 8.96. The second-order valence-electron chi connectivity index (χ2n) is 7.69. The lowest BCUT2D eigenvalue weighted by molar-refractivity contribution is -0.122. The van der Waals surface area contributed by atoms with E-state index in [-0.39, 0.29) is 24.1 Å². The number of hydrogen-bond acceptors (Lipinski definition) is 6. The van der Waals surface area contributed by atoms with Crippen LogP contribution in [0, 0.1) is 27.7 Å². The monoisotopic (exact) mass is 448 g/mol. The van der Waals surface area contributed by atoms with Crippen LogP contribution in [0.25, 0.3) is 16.6 Å². The first-order chi connectivity index (χ1) is 15.3. The van der Waals surface area contributed by atoms with Crippen molar-refractivity contribution in [3.63, 3.8) is 0 Å². The van der Waals surface area contributed by atoms with Crippen molar-refractivity contribution in [2.75, 3.05) is 17.6 Å². The maximum Gasteiger partial charge on any atom is 0.243 e. The molecule has 2 N–H and O–H groups in total. The molecule has 0 bridgehead atoms. The molecule has 0 saturated carbocycles. The van der Waals surface area contributed by atoms with Gasteiger partial charge in [0.05, 0.1) is 17.8 Å². The standard InChI is InChI=1S/C23H24N6O2S/c1-13-9-14(2)21(15(3)10-13)27-19(30)11-24-20(31)12-32-23-26-18-8-6-5-7-17(18)22-25-16(4)28-29(22)23/h5-10H,11-12H2,1-4H3,(H,24,31)(H,27,30). The summed E-state index contributed by atoms with van der Waals surface area (Å²) in [6.45, 7) is 7.64. The molecule has 9 heteroatoms. The number of benzene rings is 2. The molecule has 0 spiro atoms. The Morgan fingerprint density at radius 1 is 1.00 bits per heavy atom. The molecule has 0 aliphatic heterocycles. The summed E-state index contributed by atoms with van der Waals surface area (Å²) in [5.74, 6) is 0.210. The Morgan fingerprint density at radius 3 is 2.47 bits per heavy atom. The summed E-state index contributed by atoms with van der Waals surface area (Å²) in [6.07, 6.45) is 0. The first-order valence-electron chi connectivity index (χ1n) is 10.2. The van der Waals surface area contributed by atoms with Gasteiger partial charge in [-0.1, -0.05) is 41.6 Å². The molecule has 2 aromatic carbocycles. The number of carbonyl (C=O) groups is 2. The zero-order valence-electron chi connectivity index (χ0n) is 18.4. The number of hydrogen-bond donors (Lipinski definition) is 2. The summed E-state index contributed by atoms with van der Waals surface area (Å²) in [4.78, 5) is 33.8. The summed E-state index contributed by atoms with van der Waals surface area (Å²) in [7, 11) is 0. The van der Waals surface area contributed by atoms with Gasteiger partial charge in [-0.2, -0.15) is 4.52 Å². The molecular formula is C23H24N6O2S. The molecule has 0 unspecified atom stereocenters. The van der Waals surface area contributed by atoms with Crippen LogP contribution in [0.1, 0.15) is 22.5 Å². The molecule has 0 fully saturated rings. The zero-order valence-corrected chi connectivity index (χ0v) is 19.2. The maximum absolute atomic E-state index is 12.4. The lowest BCUT2D eigenvalue weighted by atomic mass is 10.1. The van der Waals surface area contributed by atoms with Crippen LogP contribution in [0.4, 0.5) is 5.69 Å². The van der Waals surface area contributed by atoms with Gasteiger partial charge in [-0.25, -0.2) is 9.97 Å². The van der Waals surface area contributed by atoms with Crippen molar-refractivity contribution in [2.24, 2.45) is 0 Å². The number of fused-ring (bicyclic) bond motifs is 3. The molecule has 4 rings (SSSR count). The lowest BCUT2D eigenvalue weighted by Gasteiger charge is -2.13. The molecule has 0 aliphatic carbocycles. The van der Waals surface area contributed by atoms with Crippen LogP contribution in [0.5, 0.6) is 0 Å². The van der Waals surface area contributed by atoms with Crippen LogP contribution < -0.4 is 10.6 Å². The number of para-hydroxylation sites is 1.